The van der Waals surface area contributed by atoms with Gasteiger partial charge >= 0.3 is 0 Å². The maximum Gasteiger partial charge on any atom is 0.269 e. The Morgan fingerprint density at radius 1 is 1.13 bits per heavy atom. The first-order chi connectivity index (χ1) is 14.6. The van der Waals surface area contributed by atoms with Gasteiger partial charge in [0.1, 0.15) is 0 Å². The molecule has 0 aliphatic heterocycles. The number of rotatable bonds is 8. The van der Waals surface area contributed by atoms with E-state index in [0.29, 0.717) is 19.0 Å². The summed E-state index contributed by atoms with van der Waals surface area (Å²) < 4.78 is 11.8. The molecule has 8 nitrogen and oxygen atoms in total. The maximum absolute atomic E-state index is 10.8. The number of non-ortho nitro benzene ring substituents is 1. The molecule has 0 amide bonds. The highest BCUT2D eigenvalue weighted by Crippen LogP contribution is 2.34. The Balaban J connectivity index is 0.00000341. The highest BCUT2D eigenvalue weighted by molar-refractivity contribution is 14.0. The average molecular weight is 540 g/mol. The molecule has 0 heterocycles. The number of nitrogens with one attached hydrogen (secondary N) is 2. The molecule has 2 aromatic carbocycles. The monoisotopic (exact) mass is 540 g/mol. The molecule has 1 aliphatic rings. The van der Waals surface area contributed by atoms with Gasteiger partial charge in [0.05, 0.1) is 18.1 Å². The number of methoxy groups -OCH3 is 1. The van der Waals surface area contributed by atoms with Gasteiger partial charge in [-0.2, -0.15) is 0 Å². The van der Waals surface area contributed by atoms with Crippen LogP contribution in [0.2, 0.25) is 0 Å². The molecule has 1 fully saturated rings. The Kier molecular flexibility index (Phi) is 9.83. The summed E-state index contributed by atoms with van der Waals surface area (Å²) in [4.78, 5) is 14.6. The lowest BCUT2D eigenvalue weighted by Gasteiger charge is -2.20. The van der Waals surface area contributed by atoms with Crippen LogP contribution in [-0.2, 0) is 13.1 Å². The number of nitrogens with zero attached hydrogens (tertiary/aromatic N) is 2. The highest BCUT2D eigenvalue weighted by atomic mass is 127. The average Bonchev–Trinajstić information content (AvgIpc) is 3.28. The van der Waals surface area contributed by atoms with Crippen LogP contribution in [0.3, 0.4) is 0 Å². The third-order valence-corrected chi connectivity index (χ3v) is 5.14. The van der Waals surface area contributed by atoms with E-state index in [-0.39, 0.29) is 35.8 Å². The Bertz CT molecular complexity index is 884. The highest BCUT2D eigenvalue weighted by Gasteiger charge is 2.20. The van der Waals surface area contributed by atoms with Crippen molar-refractivity contribution in [3.05, 3.63) is 63.7 Å². The minimum absolute atomic E-state index is 0. The third-order valence-electron chi connectivity index (χ3n) is 5.14. The fraction of sp³-hybridized carbons (Fsp3) is 0.409. The topological polar surface area (TPSA) is 98.0 Å². The van der Waals surface area contributed by atoms with Gasteiger partial charge in [-0.3, -0.25) is 15.1 Å². The largest absolute Gasteiger partial charge is 0.493 e. The number of para-hydroxylation sites is 1. The van der Waals surface area contributed by atoms with Gasteiger partial charge < -0.3 is 20.1 Å². The summed E-state index contributed by atoms with van der Waals surface area (Å²) in [6.45, 7) is 1.03. The number of nitro groups is 1. The van der Waals surface area contributed by atoms with E-state index in [1.165, 1.54) is 25.0 Å². The minimum Gasteiger partial charge on any atom is -0.493 e. The van der Waals surface area contributed by atoms with Gasteiger partial charge in [-0.25, -0.2) is 0 Å². The Morgan fingerprint density at radius 3 is 2.42 bits per heavy atom. The van der Waals surface area contributed by atoms with Crippen molar-refractivity contribution < 1.29 is 14.4 Å². The second kappa shape index (κ2) is 12.3. The van der Waals surface area contributed by atoms with Gasteiger partial charge in [-0.05, 0) is 37.3 Å². The molecule has 168 valence electrons. The van der Waals surface area contributed by atoms with Gasteiger partial charge in [0.2, 0.25) is 0 Å². The first-order valence-electron chi connectivity index (χ1n) is 10.1. The van der Waals surface area contributed by atoms with Crippen LogP contribution in [0.15, 0.2) is 47.5 Å². The number of hydrogen-bond donors (Lipinski definition) is 2. The van der Waals surface area contributed by atoms with Crippen LogP contribution < -0.4 is 20.1 Å². The number of guanidine groups is 1. The zero-order valence-corrected chi connectivity index (χ0v) is 20.1. The predicted molar refractivity (Wildman–Crippen MR) is 131 cm³/mol. The van der Waals surface area contributed by atoms with Crippen molar-refractivity contribution in [2.45, 2.75) is 44.9 Å². The van der Waals surface area contributed by atoms with Crippen LogP contribution in [0.4, 0.5) is 5.69 Å². The van der Waals surface area contributed by atoms with Crippen LogP contribution in [0.1, 0.15) is 36.8 Å². The molecule has 0 spiro atoms. The number of nitro benzene ring substituents is 1. The maximum atomic E-state index is 10.8. The van der Waals surface area contributed by atoms with Crippen molar-refractivity contribution in [2.75, 3.05) is 14.2 Å². The molecule has 1 aliphatic carbocycles. The molecule has 0 aromatic heterocycles. The lowest BCUT2D eigenvalue weighted by molar-refractivity contribution is -0.384. The lowest BCUT2D eigenvalue weighted by Crippen LogP contribution is -2.36. The van der Waals surface area contributed by atoms with Crippen molar-refractivity contribution in [3.8, 4) is 11.5 Å². The molecule has 3 rings (SSSR count). The van der Waals surface area contributed by atoms with Gasteiger partial charge in [-0.1, -0.05) is 24.3 Å². The van der Waals surface area contributed by atoms with E-state index < -0.39 is 4.92 Å². The molecule has 0 saturated heterocycles. The fourth-order valence-corrected chi connectivity index (χ4v) is 3.49. The van der Waals surface area contributed by atoms with Crippen molar-refractivity contribution in [3.63, 3.8) is 0 Å². The summed E-state index contributed by atoms with van der Waals surface area (Å²) in [5.41, 5.74) is 2.00. The predicted octanol–water partition coefficient (Wildman–Crippen LogP) is 4.41. The molecule has 0 radical (unpaired) electrons. The standard InChI is InChI=1S/C22H28N4O4.HI/c1-23-22(24-14-16-10-12-18(13-11-16)26(27)28)25-15-17-6-5-9-20(29-2)21(17)30-19-7-3-4-8-19;/h5-6,9-13,19H,3-4,7-8,14-15H2,1-2H3,(H2,23,24,25);1H. The van der Waals surface area contributed by atoms with Crippen molar-refractivity contribution >= 4 is 35.6 Å². The van der Waals surface area contributed by atoms with E-state index in [9.17, 15) is 10.1 Å². The normalized spacial score (nSPS) is 13.9. The molecule has 1 saturated carbocycles. The molecule has 0 unspecified atom stereocenters. The Morgan fingerprint density at radius 2 is 1.81 bits per heavy atom. The van der Waals surface area contributed by atoms with Crippen molar-refractivity contribution in [1.29, 1.82) is 0 Å². The zero-order valence-electron chi connectivity index (χ0n) is 17.8. The van der Waals surface area contributed by atoms with Crippen LogP contribution in [-0.4, -0.2) is 31.1 Å². The number of ether oxygens (including phenoxy) is 2. The molecule has 9 heteroatoms. The molecule has 2 aromatic rings. The van der Waals surface area contributed by atoms with E-state index in [1.807, 2.05) is 18.2 Å². The second-order valence-electron chi connectivity index (χ2n) is 7.18. The smallest absolute Gasteiger partial charge is 0.269 e. The lowest BCUT2D eigenvalue weighted by atomic mass is 10.1. The first kappa shape index (κ1) is 24.7. The minimum atomic E-state index is -0.406. The molecule has 2 N–H and O–H groups in total. The van der Waals surface area contributed by atoms with Gasteiger partial charge in [0, 0.05) is 37.8 Å². The van der Waals surface area contributed by atoms with E-state index >= 15 is 0 Å². The SMILES string of the molecule is CN=C(NCc1ccc([N+](=O)[O-])cc1)NCc1cccc(OC)c1OC1CCCC1.I. The number of halogens is 1. The van der Waals surface area contributed by atoms with Gasteiger partial charge in [0.15, 0.2) is 17.5 Å². The summed E-state index contributed by atoms with van der Waals surface area (Å²) in [5, 5.41) is 17.3. The molecule has 0 bridgehead atoms. The molecular formula is C22H29IN4O4. The number of hydrogen-bond acceptors (Lipinski definition) is 5. The summed E-state index contributed by atoms with van der Waals surface area (Å²) in [6, 6.07) is 12.3. The Hall–Kier alpha value is -2.56. The fourth-order valence-electron chi connectivity index (χ4n) is 3.49. The van der Waals surface area contributed by atoms with E-state index in [0.717, 1.165) is 35.5 Å². The van der Waals surface area contributed by atoms with Crippen LogP contribution in [0.5, 0.6) is 11.5 Å². The molecule has 31 heavy (non-hydrogen) atoms. The Labute approximate surface area is 199 Å². The van der Waals surface area contributed by atoms with Gasteiger partial charge in [-0.15, -0.1) is 24.0 Å². The van der Waals surface area contributed by atoms with E-state index in [2.05, 4.69) is 15.6 Å². The van der Waals surface area contributed by atoms with E-state index in [4.69, 9.17) is 9.47 Å². The first-order valence-corrected chi connectivity index (χ1v) is 10.1. The summed E-state index contributed by atoms with van der Waals surface area (Å²) in [7, 11) is 3.35. The summed E-state index contributed by atoms with van der Waals surface area (Å²) in [5.74, 6) is 2.14. The second-order valence-corrected chi connectivity index (χ2v) is 7.18. The van der Waals surface area contributed by atoms with Crippen LogP contribution >= 0.6 is 24.0 Å². The van der Waals surface area contributed by atoms with Crippen LogP contribution in [0, 0.1) is 10.1 Å². The molecular weight excluding hydrogens is 511 g/mol. The van der Waals surface area contributed by atoms with Gasteiger partial charge in [0.25, 0.3) is 5.69 Å². The van der Waals surface area contributed by atoms with E-state index in [1.54, 1.807) is 26.3 Å². The third kappa shape index (κ3) is 6.98. The van der Waals surface area contributed by atoms with Crippen molar-refractivity contribution in [2.24, 2.45) is 4.99 Å². The quantitative estimate of drug-likeness (QED) is 0.169. The number of benzene rings is 2. The molecule has 0 atom stereocenters. The van der Waals surface area contributed by atoms with Crippen molar-refractivity contribution in [1.82, 2.24) is 10.6 Å². The summed E-state index contributed by atoms with van der Waals surface area (Å²) in [6.07, 6.45) is 4.78. The summed E-state index contributed by atoms with van der Waals surface area (Å²) >= 11 is 0. The van der Waals surface area contributed by atoms with Crippen LogP contribution in [0.25, 0.3) is 0 Å². The number of aliphatic imine (C=N–C) groups is 1. The zero-order chi connectivity index (χ0) is 21.3.